The molecule has 138 valence electrons. The number of nitrogens with one attached hydrogen (secondary N) is 1. The Kier molecular flexibility index (Phi) is 4.22. The predicted octanol–water partition coefficient (Wildman–Crippen LogP) is 4.13. The standard InChI is InChI=1S/C22H24N4O/c1-5-12-23-26-15(3)20(16-8-6-7-9-18(16)26)21-22(27)25(4)19-11-10-14(2)13-17(19)24-21/h6-11,13,23H,5,12H2,1-4H3. The van der Waals surface area contributed by atoms with Gasteiger partial charge in [0.1, 0.15) is 5.69 Å². The van der Waals surface area contributed by atoms with E-state index >= 15 is 0 Å². The maximum absolute atomic E-state index is 13.2. The zero-order valence-corrected chi connectivity index (χ0v) is 16.2. The number of fused-ring (bicyclic) bond motifs is 2. The molecule has 27 heavy (non-hydrogen) atoms. The van der Waals surface area contributed by atoms with E-state index in [2.05, 4.69) is 29.2 Å². The van der Waals surface area contributed by atoms with E-state index in [-0.39, 0.29) is 5.56 Å². The second-order valence-corrected chi connectivity index (χ2v) is 7.04. The van der Waals surface area contributed by atoms with Gasteiger partial charge in [-0.1, -0.05) is 31.2 Å². The summed E-state index contributed by atoms with van der Waals surface area (Å²) in [5.74, 6) is 0. The maximum Gasteiger partial charge on any atom is 0.277 e. The van der Waals surface area contributed by atoms with Crippen molar-refractivity contribution in [2.75, 3.05) is 12.0 Å². The van der Waals surface area contributed by atoms with Gasteiger partial charge >= 0.3 is 0 Å². The smallest absolute Gasteiger partial charge is 0.277 e. The van der Waals surface area contributed by atoms with Crippen molar-refractivity contribution in [1.82, 2.24) is 14.2 Å². The topological polar surface area (TPSA) is 51.9 Å². The van der Waals surface area contributed by atoms with Gasteiger partial charge in [-0.25, -0.2) is 4.98 Å². The van der Waals surface area contributed by atoms with Crippen molar-refractivity contribution in [3.05, 3.63) is 64.1 Å². The van der Waals surface area contributed by atoms with Crippen molar-refractivity contribution in [3.63, 3.8) is 0 Å². The van der Waals surface area contributed by atoms with Gasteiger partial charge in [0.05, 0.1) is 16.6 Å². The number of benzene rings is 2. The molecule has 5 heteroatoms. The van der Waals surface area contributed by atoms with Gasteiger partial charge in [0.15, 0.2) is 0 Å². The van der Waals surface area contributed by atoms with Crippen molar-refractivity contribution >= 4 is 21.9 Å². The number of hydrogen-bond donors (Lipinski definition) is 1. The van der Waals surface area contributed by atoms with E-state index in [4.69, 9.17) is 4.98 Å². The lowest BCUT2D eigenvalue weighted by Crippen LogP contribution is -2.21. The maximum atomic E-state index is 13.2. The molecule has 0 fully saturated rings. The minimum atomic E-state index is -0.0761. The third kappa shape index (κ3) is 2.70. The fraction of sp³-hybridized carbons (Fsp3) is 0.273. The minimum absolute atomic E-state index is 0.0761. The highest BCUT2D eigenvalue weighted by atomic mass is 16.1. The first kappa shape index (κ1) is 17.3. The van der Waals surface area contributed by atoms with Crippen LogP contribution in [-0.4, -0.2) is 20.8 Å². The summed E-state index contributed by atoms with van der Waals surface area (Å²) in [6.45, 7) is 7.08. The highest BCUT2D eigenvalue weighted by Gasteiger charge is 2.20. The largest absolute Gasteiger partial charge is 0.326 e. The molecule has 0 aliphatic carbocycles. The third-order valence-corrected chi connectivity index (χ3v) is 5.10. The van der Waals surface area contributed by atoms with Gasteiger partial charge < -0.3 is 9.99 Å². The molecule has 5 nitrogen and oxygen atoms in total. The van der Waals surface area contributed by atoms with Crippen LogP contribution in [0, 0.1) is 13.8 Å². The van der Waals surface area contributed by atoms with E-state index < -0.39 is 0 Å². The molecular formula is C22H24N4O. The Morgan fingerprint density at radius 1 is 1.07 bits per heavy atom. The Balaban J connectivity index is 2.07. The van der Waals surface area contributed by atoms with E-state index in [0.717, 1.165) is 51.7 Å². The van der Waals surface area contributed by atoms with Crippen molar-refractivity contribution in [3.8, 4) is 11.3 Å². The third-order valence-electron chi connectivity index (χ3n) is 5.10. The second kappa shape index (κ2) is 6.58. The van der Waals surface area contributed by atoms with Crippen molar-refractivity contribution in [2.45, 2.75) is 27.2 Å². The monoisotopic (exact) mass is 360 g/mol. The van der Waals surface area contributed by atoms with E-state index in [9.17, 15) is 4.79 Å². The summed E-state index contributed by atoms with van der Waals surface area (Å²) in [4.78, 5) is 18.0. The molecule has 0 spiro atoms. The average Bonchev–Trinajstić information content (AvgIpc) is 2.94. The number of aromatic nitrogens is 3. The Morgan fingerprint density at radius 3 is 2.63 bits per heavy atom. The summed E-state index contributed by atoms with van der Waals surface area (Å²) < 4.78 is 3.78. The molecule has 4 rings (SSSR count). The number of nitrogens with zero attached hydrogens (tertiary/aromatic N) is 3. The van der Waals surface area contributed by atoms with Gasteiger partial charge in [-0.2, -0.15) is 0 Å². The van der Waals surface area contributed by atoms with Crippen LogP contribution >= 0.6 is 0 Å². The van der Waals surface area contributed by atoms with Crippen molar-refractivity contribution < 1.29 is 0 Å². The summed E-state index contributed by atoms with van der Waals surface area (Å²) in [5, 5.41) is 1.04. The van der Waals surface area contributed by atoms with Crippen LogP contribution in [0.25, 0.3) is 33.2 Å². The van der Waals surface area contributed by atoms with Crippen molar-refractivity contribution in [2.24, 2.45) is 7.05 Å². The van der Waals surface area contributed by atoms with Gasteiger partial charge in [-0.05, 0) is 44.0 Å². The molecule has 0 radical (unpaired) electrons. The molecule has 2 heterocycles. The SMILES string of the molecule is CCCNn1c(C)c(-c2nc3cc(C)ccc3n(C)c2=O)c2ccccc21. The molecule has 0 aliphatic rings. The normalized spacial score (nSPS) is 11.4. The molecule has 0 saturated heterocycles. The first-order chi connectivity index (χ1) is 13.0. The highest BCUT2D eigenvalue weighted by molar-refractivity contribution is 5.98. The van der Waals surface area contributed by atoms with Gasteiger partial charge in [0.2, 0.25) is 0 Å². The van der Waals surface area contributed by atoms with E-state index in [1.54, 1.807) is 4.57 Å². The Bertz CT molecular complexity index is 1220. The van der Waals surface area contributed by atoms with E-state index in [1.165, 1.54) is 0 Å². The number of hydrogen-bond acceptors (Lipinski definition) is 3. The highest BCUT2D eigenvalue weighted by Crippen LogP contribution is 2.32. The Labute approximate surface area is 158 Å². The van der Waals surface area contributed by atoms with Crippen LogP contribution < -0.4 is 11.0 Å². The second-order valence-electron chi connectivity index (χ2n) is 7.04. The molecule has 0 saturated carbocycles. The molecule has 0 atom stereocenters. The number of para-hydroxylation sites is 1. The fourth-order valence-corrected chi connectivity index (χ4v) is 3.70. The van der Waals surface area contributed by atoms with Crippen LogP contribution in [0.2, 0.25) is 0 Å². The Hall–Kier alpha value is -3.08. The summed E-state index contributed by atoms with van der Waals surface area (Å²) in [5.41, 5.74) is 9.66. The predicted molar refractivity (Wildman–Crippen MR) is 112 cm³/mol. The number of aryl methyl sites for hydroxylation is 2. The van der Waals surface area contributed by atoms with Gasteiger partial charge in [-0.3, -0.25) is 9.47 Å². The summed E-state index contributed by atoms with van der Waals surface area (Å²) in [6.07, 6.45) is 1.02. The lowest BCUT2D eigenvalue weighted by atomic mass is 10.1. The van der Waals surface area contributed by atoms with Gasteiger partial charge in [0.25, 0.3) is 5.56 Å². The molecule has 2 aromatic carbocycles. The number of rotatable bonds is 4. The summed E-state index contributed by atoms with van der Waals surface area (Å²) in [7, 11) is 1.81. The summed E-state index contributed by atoms with van der Waals surface area (Å²) >= 11 is 0. The van der Waals surface area contributed by atoms with Crippen LogP contribution in [-0.2, 0) is 7.05 Å². The van der Waals surface area contributed by atoms with E-state index in [1.807, 2.05) is 51.2 Å². The molecule has 0 aliphatic heterocycles. The molecule has 2 aromatic heterocycles. The van der Waals surface area contributed by atoms with Crippen LogP contribution in [0.4, 0.5) is 0 Å². The van der Waals surface area contributed by atoms with E-state index in [0.29, 0.717) is 5.69 Å². The average molecular weight is 360 g/mol. The summed E-state index contributed by atoms with van der Waals surface area (Å²) in [6, 6.07) is 14.2. The van der Waals surface area contributed by atoms with Gasteiger partial charge in [-0.15, -0.1) is 0 Å². The van der Waals surface area contributed by atoms with Crippen LogP contribution in [0.1, 0.15) is 24.6 Å². The van der Waals surface area contributed by atoms with Crippen molar-refractivity contribution in [1.29, 1.82) is 0 Å². The molecule has 1 N–H and O–H groups in total. The first-order valence-electron chi connectivity index (χ1n) is 9.34. The first-order valence-corrected chi connectivity index (χ1v) is 9.34. The zero-order valence-electron chi connectivity index (χ0n) is 16.2. The van der Waals surface area contributed by atoms with Crippen LogP contribution in [0.3, 0.4) is 0 Å². The quantitative estimate of drug-likeness (QED) is 0.595. The molecule has 4 aromatic rings. The van der Waals surface area contributed by atoms with Crippen LogP contribution in [0.5, 0.6) is 0 Å². The lowest BCUT2D eigenvalue weighted by molar-refractivity contribution is 0.812. The molecular weight excluding hydrogens is 336 g/mol. The molecule has 0 bridgehead atoms. The Morgan fingerprint density at radius 2 is 1.85 bits per heavy atom. The minimum Gasteiger partial charge on any atom is -0.326 e. The lowest BCUT2D eigenvalue weighted by Gasteiger charge is -2.11. The molecule has 0 unspecified atom stereocenters. The van der Waals surface area contributed by atoms with Crippen LogP contribution in [0.15, 0.2) is 47.3 Å². The zero-order chi connectivity index (χ0) is 19.1. The molecule has 0 amide bonds. The van der Waals surface area contributed by atoms with Gasteiger partial charge in [0, 0.05) is 30.2 Å². The fourth-order valence-electron chi connectivity index (χ4n) is 3.70.